The lowest BCUT2D eigenvalue weighted by Crippen LogP contribution is -2.42. The van der Waals surface area contributed by atoms with Gasteiger partial charge in [-0.05, 0) is 50.2 Å². The van der Waals surface area contributed by atoms with Crippen molar-refractivity contribution >= 4 is 23.2 Å². The number of nitrogens with zero attached hydrogens (tertiary/aromatic N) is 1. The number of thiocarbonyl (C=S) groups is 1. The molecule has 2 rings (SSSR count). The van der Waals surface area contributed by atoms with Crippen LogP contribution < -0.4 is 15.4 Å². The van der Waals surface area contributed by atoms with Crippen molar-refractivity contribution in [3.8, 4) is 5.75 Å². The van der Waals surface area contributed by atoms with E-state index in [9.17, 15) is 4.79 Å². The van der Waals surface area contributed by atoms with Crippen LogP contribution in [0.4, 0.5) is 0 Å². The lowest BCUT2D eigenvalue weighted by Gasteiger charge is -2.22. The normalized spacial score (nSPS) is 19.8. The third-order valence-electron chi connectivity index (χ3n) is 4.45. The Kier molecular flexibility index (Phi) is 7.05. The standard InChI is InChI=1S/C19H29N3O2S/c1-5-10-20-18(23)17-12-22(19(25)21-13(2)3)11-16(17)14-6-8-15(24-4)9-7-14/h6-9,13,16-17H,5,10-12H2,1-4H3,(H,20,23)(H,21,25)/t16-,17-/m0/s1. The molecular formula is C19H29N3O2S. The van der Waals surface area contributed by atoms with E-state index >= 15 is 0 Å². The Balaban J connectivity index is 2.18. The Labute approximate surface area is 156 Å². The highest BCUT2D eigenvalue weighted by atomic mass is 32.1. The maximum Gasteiger partial charge on any atom is 0.225 e. The molecule has 1 aliphatic rings. The van der Waals surface area contributed by atoms with E-state index in [1.165, 1.54) is 0 Å². The highest BCUT2D eigenvalue weighted by Crippen LogP contribution is 2.34. The summed E-state index contributed by atoms with van der Waals surface area (Å²) >= 11 is 5.52. The van der Waals surface area contributed by atoms with Gasteiger partial charge in [-0.25, -0.2) is 0 Å². The van der Waals surface area contributed by atoms with Crippen molar-refractivity contribution in [3.05, 3.63) is 29.8 Å². The maximum absolute atomic E-state index is 12.7. The number of methoxy groups -OCH3 is 1. The Morgan fingerprint density at radius 3 is 2.56 bits per heavy atom. The quantitative estimate of drug-likeness (QED) is 0.761. The number of amides is 1. The number of ether oxygens (including phenoxy) is 1. The van der Waals surface area contributed by atoms with E-state index in [4.69, 9.17) is 17.0 Å². The smallest absolute Gasteiger partial charge is 0.225 e. The molecule has 1 amide bonds. The van der Waals surface area contributed by atoms with Crippen LogP contribution in [0.2, 0.25) is 0 Å². The Morgan fingerprint density at radius 1 is 1.32 bits per heavy atom. The zero-order valence-corrected chi connectivity index (χ0v) is 16.4. The highest BCUT2D eigenvalue weighted by Gasteiger charge is 2.39. The molecule has 0 aromatic heterocycles. The van der Waals surface area contributed by atoms with E-state index in [0.717, 1.165) is 29.4 Å². The molecular weight excluding hydrogens is 334 g/mol. The molecule has 1 aliphatic heterocycles. The van der Waals surface area contributed by atoms with Gasteiger partial charge in [0.15, 0.2) is 5.11 Å². The van der Waals surface area contributed by atoms with E-state index < -0.39 is 0 Å². The van der Waals surface area contributed by atoms with Crippen LogP contribution in [0.3, 0.4) is 0 Å². The average Bonchev–Trinajstić information content (AvgIpc) is 3.04. The molecule has 0 aliphatic carbocycles. The molecule has 0 spiro atoms. The van der Waals surface area contributed by atoms with Gasteiger partial charge in [0.1, 0.15) is 5.75 Å². The van der Waals surface area contributed by atoms with Crippen LogP contribution in [0.5, 0.6) is 5.75 Å². The van der Waals surface area contributed by atoms with Crippen molar-refractivity contribution < 1.29 is 9.53 Å². The van der Waals surface area contributed by atoms with Crippen molar-refractivity contribution in [2.75, 3.05) is 26.7 Å². The second-order valence-electron chi connectivity index (χ2n) is 6.79. The monoisotopic (exact) mass is 363 g/mol. The number of rotatable bonds is 6. The number of hydrogen-bond acceptors (Lipinski definition) is 3. The van der Waals surface area contributed by atoms with Crippen LogP contribution in [0.1, 0.15) is 38.7 Å². The maximum atomic E-state index is 12.7. The summed E-state index contributed by atoms with van der Waals surface area (Å²) < 4.78 is 5.24. The molecule has 6 heteroatoms. The van der Waals surface area contributed by atoms with E-state index in [0.29, 0.717) is 13.1 Å². The molecule has 1 saturated heterocycles. The fourth-order valence-electron chi connectivity index (χ4n) is 3.14. The summed E-state index contributed by atoms with van der Waals surface area (Å²) in [6.07, 6.45) is 0.933. The first kappa shape index (κ1) is 19.5. The van der Waals surface area contributed by atoms with Gasteiger partial charge >= 0.3 is 0 Å². The second kappa shape index (κ2) is 9.04. The second-order valence-corrected chi connectivity index (χ2v) is 7.17. The molecule has 25 heavy (non-hydrogen) atoms. The first-order valence-electron chi connectivity index (χ1n) is 8.93. The van der Waals surface area contributed by atoms with Crippen LogP contribution in [-0.4, -0.2) is 48.7 Å². The van der Waals surface area contributed by atoms with E-state index in [1.54, 1.807) is 7.11 Å². The summed E-state index contributed by atoms with van der Waals surface area (Å²) in [4.78, 5) is 14.8. The molecule has 138 valence electrons. The third-order valence-corrected chi connectivity index (χ3v) is 4.83. The number of nitrogens with one attached hydrogen (secondary N) is 2. The summed E-state index contributed by atoms with van der Waals surface area (Å²) in [6, 6.07) is 8.27. The number of likely N-dealkylation sites (tertiary alicyclic amines) is 1. The first-order chi connectivity index (χ1) is 12.0. The average molecular weight is 364 g/mol. The Hall–Kier alpha value is -1.82. The summed E-state index contributed by atoms with van der Waals surface area (Å²) in [5.74, 6) is 0.946. The largest absolute Gasteiger partial charge is 0.497 e. The van der Waals surface area contributed by atoms with Crippen LogP contribution in [0.15, 0.2) is 24.3 Å². The summed E-state index contributed by atoms with van der Waals surface area (Å²) in [7, 11) is 1.66. The van der Waals surface area contributed by atoms with E-state index in [1.807, 2.05) is 24.3 Å². The lowest BCUT2D eigenvalue weighted by molar-refractivity contribution is -0.124. The lowest BCUT2D eigenvalue weighted by atomic mass is 9.88. The summed E-state index contributed by atoms with van der Waals surface area (Å²) in [5.41, 5.74) is 1.15. The van der Waals surface area contributed by atoms with Gasteiger partial charge < -0.3 is 20.3 Å². The number of carbonyl (C=O) groups excluding carboxylic acids is 1. The van der Waals surface area contributed by atoms with Crippen molar-refractivity contribution in [2.45, 2.75) is 39.2 Å². The van der Waals surface area contributed by atoms with Gasteiger partial charge in [0.25, 0.3) is 0 Å². The molecule has 5 nitrogen and oxygen atoms in total. The van der Waals surface area contributed by atoms with Gasteiger partial charge in [-0.1, -0.05) is 19.1 Å². The van der Waals surface area contributed by atoms with Gasteiger partial charge in [0.2, 0.25) is 5.91 Å². The van der Waals surface area contributed by atoms with Crippen molar-refractivity contribution in [3.63, 3.8) is 0 Å². The minimum absolute atomic E-state index is 0.105. The number of benzene rings is 1. The number of carbonyl (C=O) groups is 1. The van der Waals surface area contributed by atoms with Crippen LogP contribution in [-0.2, 0) is 4.79 Å². The molecule has 0 saturated carbocycles. The van der Waals surface area contributed by atoms with Gasteiger partial charge in [-0.3, -0.25) is 4.79 Å². The van der Waals surface area contributed by atoms with Crippen LogP contribution in [0, 0.1) is 5.92 Å². The van der Waals surface area contributed by atoms with E-state index in [-0.39, 0.29) is 23.8 Å². The van der Waals surface area contributed by atoms with Gasteiger partial charge in [0.05, 0.1) is 13.0 Å². The molecule has 1 aromatic rings. The third kappa shape index (κ3) is 5.08. The van der Waals surface area contributed by atoms with Gasteiger partial charge in [0, 0.05) is 31.6 Å². The highest BCUT2D eigenvalue weighted by molar-refractivity contribution is 7.80. The minimum atomic E-state index is -0.105. The molecule has 0 radical (unpaired) electrons. The van der Waals surface area contributed by atoms with Crippen molar-refractivity contribution in [1.82, 2.24) is 15.5 Å². The Morgan fingerprint density at radius 2 is 2.00 bits per heavy atom. The molecule has 1 aromatic carbocycles. The SMILES string of the molecule is CCCNC(=O)[C@H]1CN(C(=S)NC(C)C)C[C@H]1c1ccc(OC)cc1. The summed E-state index contributed by atoms with van der Waals surface area (Å²) in [5, 5.41) is 7.05. The number of hydrogen-bond donors (Lipinski definition) is 2. The predicted octanol–water partition coefficient (Wildman–Crippen LogP) is 2.52. The van der Waals surface area contributed by atoms with E-state index in [2.05, 4.69) is 36.3 Å². The van der Waals surface area contributed by atoms with Gasteiger partial charge in [-0.15, -0.1) is 0 Å². The molecule has 0 bridgehead atoms. The van der Waals surface area contributed by atoms with Gasteiger partial charge in [-0.2, -0.15) is 0 Å². The molecule has 2 N–H and O–H groups in total. The summed E-state index contributed by atoms with van der Waals surface area (Å²) in [6.45, 7) is 8.28. The fourth-order valence-corrected chi connectivity index (χ4v) is 3.53. The molecule has 0 unspecified atom stereocenters. The zero-order valence-electron chi connectivity index (χ0n) is 15.5. The van der Waals surface area contributed by atoms with Crippen LogP contribution in [0.25, 0.3) is 0 Å². The molecule has 1 heterocycles. The zero-order chi connectivity index (χ0) is 18.4. The predicted molar refractivity (Wildman–Crippen MR) is 105 cm³/mol. The Bertz CT molecular complexity index is 589. The fraction of sp³-hybridized carbons (Fsp3) is 0.579. The topological polar surface area (TPSA) is 53.6 Å². The van der Waals surface area contributed by atoms with Crippen molar-refractivity contribution in [2.24, 2.45) is 5.92 Å². The van der Waals surface area contributed by atoms with Crippen LogP contribution >= 0.6 is 12.2 Å². The minimum Gasteiger partial charge on any atom is -0.497 e. The van der Waals surface area contributed by atoms with Crippen molar-refractivity contribution in [1.29, 1.82) is 0 Å². The molecule has 2 atom stereocenters. The molecule has 1 fully saturated rings. The first-order valence-corrected chi connectivity index (χ1v) is 9.34.